The molecular weight excluding hydrogens is 346 g/mol. The SMILES string of the molecule is N#Cc1c(N(CC(=O)O)CC(=O)O)sc(C(=O)O)c1CC(=O)O.[NH4+]. The summed E-state index contributed by atoms with van der Waals surface area (Å²) in [6, 6.07) is 1.63. The van der Waals surface area contributed by atoms with Gasteiger partial charge in [-0.25, -0.2) is 4.79 Å². The highest BCUT2D eigenvalue weighted by Crippen LogP contribution is 2.36. The van der Waals surface area contributed by atoms with Crippen LogP contribution in [0.2, 0.25) is 0 Å². The number of carbonyl (C=O) groups is 4. The summed E-state index contributed by atoms with van der Waals surface area (Å²) in [5, 5.41) is 44.6. The van der Waals surface area contributed by atoms with Crippen LogP contribution >= 0.6 is 11.3 Å². The van der Waals surface area contributed by atoms with Crippen molar-refractivity contribution in [3.8, 4) is 6.07 Å². The van der Waals surface area contributed by atoms with Gasteiger partial charge in [-0.3, -0.25) is 14.4 Å². The maximum atomic E-state index is 11.2. The highest BCUT2D eigenvalue weighted by Gasteiger charge is 2.28. The van der Waals surface area contributed by atoms with Crippen LogP contribution in [0.4, 0.5) is 5.00 Å². The van der Waals surface area contributed by atoms with Crippen LogP contribution in [-0.4, -0.2) is 57.4 Å². The summed E-state index contributed by atoms with van der Waals surface area (Å²) in [4.78, 5) is 44.1. The Morgan fingerprint density at radius 2 is 1.50 bits per heavy atom. The molecule has 1 aromatic heterocycles. The fraction of sp³-hybridized carbons (Fsp3) is 0.250. The number of aromatic carboxylic acids is 1. The number of thiophene rings is 1. The second kappa shape index (κ2) is 8.46. The van der Waals surface area contributed by atoms with E-state index in [-0.39, 0.29) is 22.3 Å². The zero-order chi connectivity index (χ0) is 17.7. The van der Waals surface area contributed by atoms with Crippen LogP contribution in [0.5, 0.6) is 0 Å². The van der Waals surface area contributed by atoms with Gasteiger partial charge in [-0.1, -0.05) is 0 Å². The van der Waals surface area contributed by atoms with Crippen LogP contribution < -0.4 is 11.1 Å². The van der Waals surface area contributed by atoms with Crippen molar-refractivity contribution in [1.29, 1.82) is 5.26 Å². The minimum atomic E-state index is -1.49. The normalized spacial score (nSPS) is 9.46. The topological polar surface area (TPSA) is 213 Å². The van der Waals surface area contributed by atoms with E-state index in [1.807, 2.05) is 0 Å². The lowest BCUT2D eigenvalue weighted by atomic mass is 10.1. The molecule has 1 aromatic rings. The third-order valence-electron chi connectivity index (χ3n) is 2.56. The summed E-state index contributed by atoms with van der Waals surface area (Å²) in [5.41, 5.74) is -0.634. The zero-order valence-corrected chi connectivity index (χ0v) is 13.2. The Hall–Kier alpha value is -3.17. The fourth-order valence-corrected chi connectivity index (χ4v) is 2.92. The first-order valence-corrected chi connectivity index (χ1v) is 6.68. The zero-order valence-electron chi connectivity index (χ0n) is 12.3. The van der Waals surface area contributed by atoms with E-state index >= 15 is 0 Å². The molecule has 0 bridgehead atoms. The number of aliphatic carboxylic acids is 3. The number of carboxylic acids is 4. The van der Waals surface area contributed by atoms with Gasteiger partial charge in [0.05, 0.1) is 12.0 Å². The van der Waals surface area contributed by atoms with Crippen LogP contribution in [-0.2, 0) is 20.8 Å². The van der Waals surface area contributed by atoms with Gasteiger partial charge in [-0.05, 0) is 0 Å². The second-order valence-electron chi connectivity index (χ2n) is 4.22. The molecule has 130 valence electrons. The smallest absolute Gasteiger partial charge is 0.346 e. The van der Waals surface area contributed by atoms with Gasteiger partial charge < -0.3 is 31.5 Å². The molecule has 24 heavy (non-hydrogen) atoms. The van der Waals surface area contributed by atoms with Crippen molar-refractivity contribution in [2.24, 2.45) is 0 Å². The van der Waals surface area contributed by atoms with Crippen molar-refractivity contribution < 1.29 is 39.6 Å². The third kappa shape index (κ3) is 4.93. The van der Waals surface area contributed by atoms with Crippen LogP contribution in [0.15, 0.2) is 0 Å². The number of anilines is 1. The maximum absolute atomic E-state index is 11.2. The number of carboxylic acid groups (broad SMARTS) is 4. The van der Waals surface area contributed by atoms with E-state index in [0.29, 0.717) is 11.3 Å². The molecule has 0 aromatic carbocycles. The number of nitriles is 1. The van der Waals surface area contributed by atoms with Gasteiger partial charge in [0.15, 0.2) is 0 Å². The molecule has 0 spiro atoms. The molecule has 0 aliphatic heterocycles. The largest absolute Gasteiger partial charge is 0.481 e. The van der Waals surface area contributed by atoms with Gasteiger partial charge >= 0.3 is 23.9 Å². The second-order valence-corrected chi connectivity index (χ2v) is 5.22. The Bertz CT molecular complexity index is 705. The standard InChI is InChI=1S/C12H10N2O8S.H3N/c13-2-6-5(1-7(15)16)10(12(21)22)23-11(6)14(3-8(17)18)4-9(19)20;/h1,3-4H2,(H,15,16)(H,17,18)(H,19,20)(H,21,22);1H3/p+1. The van der Waals surface area contributed by atoms with Crippen molar-refractivity contribution in [3.63, 3.8) is 0 Å². The number of nitrogens with zero attached hydrogens (tertiary/aromatic N) is 2. The lowest BCUT2D eigenvalue weighted by molar-refractivity contribution is -0.137. The Morgan fingerprint density at radius 3 is 1.83 bits per heavy atom. The Kier molecular flexibility index (Phi) is 7.34. The van der Waals surface area contributed by atoms with Crippen LogP contribution in [0, 0.1) is 11.3 Å². The average Bonchev–Trinajstić information content (AvgIpc) is 2.74. The molecule has 0 saturated heterocycles. The fourth-order valence-electron chi connectivity index (χ4n) is 1.81. The van der Waals surface area contributed by atoms with Crippen molar-refractivity contribution in [2.75, 3.05) is 18.0 Å². The first-order valence-electron chi connectivity index (χ1n) is 5.86. The first kappa shape index (κ1) is 20.8. The van der Waals surface area contributed by atoms with Gasteiger partial charge in [0.2, 0.25) is 0 Å². The van der Waals surface area contributed by atoms with Crippen molar-refractivity contribution >= 4 is 40.2 Å². The van der Waals surface area contributed by atoms with Crippen molar-refractivity contribution in [1.82, 2.24) is 6.15 Å². The van der Waals surface area contributed by atoms with Gasteiger partial charge in [0.1, 0.15) is 29.0 Å². The molecule has 0 radical (unpaired) electrons. The summed E-state index contributed by atoms with van der Waals surface area (Å²) in [6.45, 7) is -1.57. The molecule has 0 atom stereocenters. The lowest BCUT2D eigenvalue weighted by Crippen LogP contribution is -2.34. The van der Waals surface area contributed by atoms with E-state index in [4.69, 9.17) is 20.4 Å². The highest BCUT2D eigenvalue weighted by atomic mass is 32.1. The van der Waals surface area contributed by atoms with Crippen LogP contribution in [0.1, 0.15) is 20.8 Å². The monoisotopic (exact) mass is 360 g/mol. The first-order chi connectivity index (χ1) is 10.7. The molecule has 1 rings (SSSR count). The maximum Gasteiger partial charge on any atom is 0.346 e. The number of rotatable bonds is 8. The van der Waals surface area contributed by atoms with Crippen molar-refractivity contribution in [2.45, 2.75) is 6.42 Å². The predicted octanol–water partition coefficient (Wildman–Crippen LogP) is 0.297. The van der Waals surface area contributed by atoms with E-state index in [1.54, 1.807) is 6.07 Å². The Morgan fingerprint density at radius 1 is 1.00 bits per heavy atom. The van der Waals surface area contributed by atoms with E-state index in [9.17, 15) is 24.4 Å². The molecule has 8 N–H and O–H groups in total. The molecule has 0 aliphatic carbocycles. The summed E-state index contributed by atoms with van der Waals surface area (Å²) in [6.07, 6.45) is -0.755. The molecule has 0 saturated carbocycles. The molecule has 12 heteroatoms. The van der Waals surface area contributed by atoms with E-state index in [0.717, 1.165) is 4.90 Å². The molecule has 0 unspecified atom stereocenters. The van der Waals surface area contributed by atoms with Crippen LogP contribution in [0.25, 0.3) is 0 Å². The van der Waals surface area contributed by atoms with Gasteiger partial charge in [0.25, 0.3) is 0 Å². The Labute approximate surface area is 138 Å². The van der Waals surface area contributed by atoms with Crippen LogP contribution in [0.3, 0.4) is 0 Å². The highest BCUT2D eigenvalue weighted by molar-refractivity contribution is 7.18. The molecular formula is C12H14N3O8S+. The summed E-state index contributed by atoms with van der Waals surface area (Å²) in [5.74, 6) is -5.64. The average molecular weight is 360 g/mol. The van der Waals surface area contributed by atoms with Crippen molar-refractivity contribution in [3.05, 3.63) is 16.0 Å². The summed E-state index contributed by atoms with van der Waals surface area (Å²) in [7, 11) is 0. The number of quaternary nitrogens is 1. The molecule has 0 amide bonds. The quantitative estimate of drug-likeness (QED) is 0.427. The minimum absolute atomic E-state index is 0. The van der Waals surface area contributed by atoms with E-state index in [1.165, 1.54) is 0 Å². The summed E-state index contributed by atoms with van der Waals surface area (Å²) >= 11 is 0.467. The molecule has 11 nitrogen and oxygen atoms in total. The minimum Gasteiger partial charge on any atom is -0.481 e. The molecule has 0 aliphatic rings. The van der Waals surface area contributed by atoms with Gasteiger partial charge in [-0.15, -0.1) is 11.3 Å². The molecule has 0 fully saturated rings. The number of hydrogen-bond acceptors (Lipinski definition) is 7. The summed E-state index contributed by atoms with van der Waals surface area (Å²) < 4.78 is 0. The van der Waals surface area contributed by atoms with Gasteiger partial charge in [-0.2, -0.15) is 5.26 Å². The predicted molar refractivity (Wildman–Crippen MR) is 80.8 cm³/mol. The third-order valence-corrected chi connectivity index (χ3v) is 3.84. The Balaban J connectivity index is 0.00000529. The van der Waals surface area contributed by atoms with Gasteiger partial charge in [0, 0.05) is 5.56 Å². The number of hydrogen-bond donors (Lipinski definition) is 5. The molecule has 1 heterocycles. The van der Waals surface area contributed by atoms with E-state index < -0.39 is 48.3 Å². The van der Waals surface area contributed by atoms with E-state index in [2.05, 4.69) is 0 Å². The lowest BCUT2D eigenvalue weighted by Gasteiger charge is -2.19.